The van der Waals surface area contributed by atoms with Gasteiger partial charge in [0.2, 0.25) is 0 Å². The number of halogens is 1. The fourth-order valence-corrected chi connectivity index (χ4v) is 3.32. The standard InChI is InChI=1S/C15H17BrO3/c16-13-8-4-3-7-12(13)14(17)9-10-5-1-2-6-11(10)15(18)19/h3-4,7-8,10-11H,1-2,5-6,9H2,(H,18,19)/t10-,11-/m0/s1. The summed E-state index contributed by atoms with van der Waals surface area (Å²) in [7, 11) is 0. The molecule has 0 bridgehead atoms. The van der Waals surface area contributed by atoms with Gasteiger partial charge in [0.15, 0.2) is 5.78 Å². The van der Waals surface area contributed by atoms with E-state index in [9.17, 15) is 14.7 Å². The number of benzene rings is 1. The molecule has 2 atom stereocenters. The third-order valence-electron chi connectivity index (χ3n) is 3.85. The molecule has 0 saturated heterocycles. The van der Waals surface area contributed by atoms with Gasteiger partial charge >= 0.3 is 5.97 Å². The summed E-state index contributed by atoms with van der Waals surface area (Å²) in [5.41, 5.74) is 0.650. The van der Waals surface area contributed by atoms with Crippen molar-refractivity contribution in [3.63, 3.8) is 0 Å². The molecule has 1 aliphatic carbocycles. The van der Waals surface area contributed by atoms with Gasteiger partial charge in [-0.3, -0.25) is 9.59 Å². The molecule has 1 N–H and O–H groups in total. The summed E-state index contributed by atoms with van der Waals surface area (Å²) in [5.74, 6) is -1.11. The normalized spacial score (nSPS) is 23.0. The molecule has 19 heavy (non-hydrogen) atoms. The number of aliphatic carboxylic acids is 1. The van der Waals surface area contributed by atoms with Crippen LogP contribution in [0.4, 0.5) is 0 Å². The molecule has 0 heterocycles. The predicted molar refractivity (Wildman–Crippen MR) is 76.2 cm³/mol. The Morgan fingerprint density at radius 1 is 1.21 bits per heavy atom. The predicted octanol–water partition coefficient (Wildman–Crippen LogP) is 3.91. The Morgan fingerprint density at radius 3 is 2.58 bits per heavy atom. The number of carbonyl (C=O) groups is 2. The van der Waals surface area contributed by atoms with Crippen molar-refractivity contribution in [1.29, 1.82) is 0 Å². The molecule has 3 nitrogen and oxygen atoms in total. The zero-order valence-electron chi connectivity index (χ0n) is 10.6. The summed E-state index contributed by atoms with van der Waals surface area (Å²) in [6, 6.07) is 7.31. The Bertz CT molecular complexity index is 484. The Morgan fingerprint density at radius 2 is 1.89 bits per heavy atom. The molecule has 0 radical (unpaired) electrons. The number of hydrogen-bond donors (Lipinski definition) is 1. The van der Waals surface area contributed by atoms with Crippen molar-refractivity contribution in [1.82, 2.24) is 0 Å². The molecule has 0 aromatic heterocycles. The number of rotatable bonds is 4. The first-order valence-electron chi connectivity index (χ1n) is 6.60. The molecule has 1 saturated carbocycles. The zero-order valence-corrected chi connectivity index (χ0v) is 12.2. The Labute approximate surface area is 121 Å². The molecule has 1 aromatic carbocycles. The Balaban J connectivity index is 2.09. The second-order valence-corrected chi connectivity index (χ2v) is 5.95. The lowest BCUT2D eigenvalue weighted by atomic mass is 9.76. The maximum absolute atomic E-state index is 12.3. The van der Waals surface area contributed by atoms with Gasteiger partial charge in [-0.25, -0.2) is 0 Å². The summed E-state index contributed by atoms with van der Waals surface area (Å²) in [5, 5.41) is 9.23. The highest BCUT2D eigenvalue weighted by Gasteiger charge is 2.32. The van der Waals surface area contributed by atoms with Gasteiger partial charge in [-0.1, -0.05) is 47.0 Å². The lowest BCUT2D eigenvalue weighted by molar-refractivity contribution is -0.144. The van der Waals surface area contributed by atoms with Gasteiger partial charge in [0.1, 0.15) is 0 Å². The largest absolute Gasteiger partial charge is 0.481 e. The number of Topliss-reactive ketones (excluding diaryl/α,β-unsaturated/α-hetero) is 1. The number of carboxylic acids is 1. The van der Waals surface area contributed by atoms with E-state index in [2.05, 4.69) is 15.9 Å². The van der Waals surface area contributed by atoms with Gasteiger partial charge in [0.05, 0.1) is 5.92 Å². The number of ketones is 1. The fraction of sp³-hybridized carbons (Fsp3) is 0.467. The van der Waals surface area contributed by atoms with Crippen LogP contribution in [0.15, 0.2) is 28.7 Å². The molecule has 1 aliphatic rings. The van der Waals surface area contributed by atoms with Crippen LogP contribution in [0.5, 0.6) is 0 Å². The maximum Gasteiger partial charge on any atom is 0.306 e. The number of carbonyl (C=O) groups excluding carboxylic acids is 1. The molecule has 102 valence electrons. The van der Waals surface area contributed by atoms with Crippen molar-refractivity contribution < 1.29 is 14.7 Å². The van der Waals surface area contributed by atoms with Crippen LogP contribution in [0.3, 0.4) is 0 Å². The molecule has 4 heteroatoms. The molecular weight excluding hydrogens is 308 g/mol. The van der Waals surface area contributed by atoms with Gasteiger partial charge in [0.25, 0.3) is 0 Å². The van der Waals surface area contributed by atoms with Crippen LogP contribution in [-0.2, 0) is 4.79 Å². The van der Waals surface area contributed by atoms with E-state index in [0.29, 0.717) is 18.4 Å². The number of carboxylic acid groups (broad SMARTS) is 1. The van der Waals surface area contributed by atoms with E-state index in [1.54, 1.807) is 6.07 Å². The highest BCUT2D eigenvalue weighted by molar-refractivity contribution is 9.10. The van der Waals surface area contributed by atoms with Crippen molar-refractivity contribution >= 4 is 27.7 Å². The lowest BCUT2D eigenvalue weighted by Gasteiger charge is -2.28. The molecule has 0 unspecified atom stereocenters. The molecule has 0 amide bonds. The van der Waals surface area contributed by atoms with Crippen LogP contribution in [0.1, 0.15) is 42.5 Å². The maximum atomic E-state index is 12.3. The van der Waals surface area contributed by atoms with Crippen molar-refractivity contribution in [3.05, 3.63) is 34.3 Å². The van der Waals surface area contributed by atoms with Gasteiger partial charge in [0, 0.05) is 16.5 Å². The quantitative estimate of drug-likeness (QED) is 0.854. The van der Waals surface area contributed by atoms with E-state index in [-0.39, 0.29) is 17.6 Å². The van der Waals surface area contributed by atoms with Gasteiger partial charge in [-0.15, -0.1) is 0 Å². The molecule has 2 rings (SSSR count). The van der Waals surface area contributed by atoms with Crippen LogP contribution in [0.25, 0.3) is 0 Å². The van der Waals surface area contributed by atoms with Crippen LogP contribution >= 0.6 is 15.9 Å². The third kappa shape index (κ3) is 3.44. The number of hydrogen-bond acceptors (Lipinski definition) is 2. The first-order chi connectivity index (χ1) is 9.09. The van der Waals surface area contributed by atoms with E-state index in [1.807, 2.05) is 18.2 Å². The van der Waals surface area contributed by atoms with Crippen molar-refractivity contribution in [3.8, 4) is 0 Å². The van der Waals surface area contributed by atoms with Gasteiger partial charge in [-0.05, 0) is 24.8 Å². The zero-order chi connectivity index (χ0) is 13.8. The Kier molecular flexibility index (Phi) is 4.75. The summed E-state index contributed by atoms with van der Waals surface area (Å²) in [6.45, 7) is 0. The van der Waals surface area contributed by atoms with E-state index < -0.39 is 5.97 Å². The van der Waals surface area contributed by atoms with Crippen molar-refractivity contribution in [2.75, 3.05) is 0 Å². The second-order valence-electron chi connectivity index (χ2n) is 5.10. The second kappa shape index (κ2) is 6.33. The molecule has 1 fully saturated rings. The monoisotopic (exact) mass is 324 g/mol. The minimum absolute atomic E-state index is 0.0224. The highest BCUT2D eigenvalue weighted by atomic mass is 79.9. The van der Waals surface area contributed by atoms with Crippen LogP contribution < -0.4 is 0 Å². The lowest BCUT2D eigenvalue weighted by Crippen LogP contribution is -2.28. The smallest absolute Gasteiger partial charge is 0.306 e. The average Bonchev–Trinajstić information content (AvgIpc) is 2.39. The summed E-state index contributed by atoms with van der Waals surface area (Å²) in [6.07, 6.45) is 3.85. The van der Waals surface area contributed by atoms with E-state index in [4.69, 9.17) is 0 Å². The highest BCUT2D eigenvalue weighted by Crippen LogP contribution is 2.34. The van der Waals surface area contributed by atoms with E-state index in [1.165, 1.54) is 0 Å². The van der Waals surface area contributed by atoms with Crippen LogP contribution in [-0.4, -0.2) is 16.9 Å². The molecule has 1 aromatic rings. The van der Waals surface area contributed by atoms with Crippen molar-refractivity contribution in [2.45, 2.75) is 32.1 Å². The summed E-state index contributed by atoms with van der Waals surface area (Å²) < 4.78 is 0.780. The van der Waals surface area contributed by atoms with Crippen LogP contribution in [0, 0.1) is 11.8 Å². The van der Waals surface area contributed by atoms with E-state index in [0.717, 1.165) is 23.7 Å². The SMILES string of the molecule is O=C(C[C@@H]1CCCC[C@@H]1C(=O)O)c1ccccc1Br. The Hall–Kier alpha value is -1.16. The fourth-order valence-electron chi connectivity index (χ4n) is 2.81. The first-order valence-corrected chi connectivity index (χ1v) is 7.39. The average molecular weight is 325 g/mol. The van der Waals surface area contributed by atoms with E-state index >= 15 is 0 Å². The van der Waals surface area contributed by atoms with Gasteiger partial charge < -0.3 is 5.11 Å². The molecule has 0 aliphatic heterocycles. The minimum Gasteiger partial charge on any atom is -0.481 e. The van der Waals surface area contributed by atoms with Crippen LogP contribution in [0.2, 0.25) is 0 Å². The van der Waals surface area contributed by atoms with Crippen molar-refractivity contribution in [2.24, 2.45) is 11.8 Å². The minimum atomic E-state index is -0.760. The molecule has 0 spiro atoms. The summed E-state index contributed by atoms with van der Waals surface area (Å²) >= 11 is 3.37. The topological polar surface area (TPSA) is 54.4 Å². The first kappa shape index (κ1) is 14.3. The molecular formula is C15H17BrO3. The summed E-state index contributed by atoms with van der Waals surface area (Å²) in [4.78, 5) is 23.5. The third-order valence-corrected chi connectivity index (χ3v) is 4.54. The van der Waals surface area contributed by atoms with Gasteiger partial charge in [-0.2, -0.15) is 0 Å².